The second-order valence-corrected chi connectivity index (χ2v) is 12.6. The molecule has 0 spiro atoms. The maximum atomic E-state index is 14.0. The first-order valence-corrected chi connectivity index (χ1v) is 15.5. The van der Waals surface area contributed by atoms with Gasteiger partial charge >= 0.3 is 0 Å². The van der Waals surface area contributed by atoms with Crippen LogP contribution in [0.25, 0.3) is 0 Å². The lowest BCUT2D eigenvalue weighted by Crippen LogP contribution is -2.53. The molecule has 1 fully saturated rings. The summed E-state index contributed by atoms with van der Waals surface area (Å²) in [6, 6.07) is 20.8. The van der Waals surface area contributed by atoms with Crippen LogP contribution in [0.3, 0.4) is 0 Å². The molecule has 3 aromatic carbocycles. The molecule has 0 heterocycles. The molecule has 0 aromatic heterocycles. The summed E-state index contributed by atoms with van der Waals surface area (Å²) in [7, 11) is -4.17. The summed E-state index contributed by atoms with van der Waals surface area (Å²) in [5, 5.41) is 3.51. The smallest absolute Gasteiger partial charge is 0.264 e. The molecule has 3 aromatic rings. The number of halogens is 2. The number of carbonyl (C=O) groups excluding carboxylic acids is 2. The number of nitrogens with zero attached hydrogens (tertiary/aromatic N) is 2. The topological polar surface area (TPSA) is 86.8 Å². The van der Waals surface area contributed by atoms with E-state index >= 15 is 0 Å². The molecule has 1 N–H and O–H groups in total. The largest absolute Gasteiger partial charge is 0.352 e. The Morgan fingerprint density at radius 1 is 0.900 bits per heavy atom. The Hall–Kier alpha value is -3.07. The van der Waals surface area contributed by atoms with Gasteiger partial charge in [-0.1, -0.05) is 91.0 Å². The van der Waals surface area contributed by atoms with Gasteiger partial charge in [0.2, 0.25) is 11.8 Å². The molecular formula is C30H33Cl2N3O4S. The summed E-state index contributed by atoms with van der Waals surface area (Å²) in [6.07, 6.45) is 5.09. The molecule has 1 aliphatic rings. The van der Waals surface area contributed by atoms with Gasteiger partial charge in [0.25, 0.3) is 10.0 Å². The zero-order valence-corrected chi connectivity index (χ0v) is 24.6. The number of hydrogen-bond donors (Lipinski definition) is 1. The van der Waals surface area contributed by atoms with E-state index in [-0.39, 0.29) is 39.1 Å². The molecule has 0 aliphatic heterocycles. The van der Waals surface area contributed by atoms with Gasteiger partial charge in [-0.05, 0) is 55.7 Å². The van der Waals surface area contributed by atoms with E-state index < -0.39 is 28.5 Å². The van der Waals surface area contributed by atoms with Crippen LogP contribution in [0, 0.1) is 0 Å². The fourth-order valence-corrected chi connectivity index (χ4v) is 6.54. The second kappa shape index (κ2) is 13.5. The number of hydrogen-bond acceptors (Lipinski definition) is 4. The number of benzene rings is 3. The van der Waals surface area contributed by atoms with E-state index in [2.05, 4.69) is 5.32 Å². The lowest BCUT2D eigenvalue weighted by Gasteiger charge is -2.33. The van der Waals surface area contributed by atoms with Crippen molar-refractivity contribution >= 4 is 50.7 Å². The number of carbonyl (C=O) groups is 2. The lowest BCUT2D eigenvalue weighted by atomic mass is 9.95. The Morgan fingerprint density at radius 3 is 2.15 bits per heavy atom. The highest BCUT2D eigenvalue weighted by Gasteiger charge is 2.33. The van der Waals surface area contributed by atoms with Crippen LogP contribution >= 0.6 is 23.2 Å². The van der Waals surface area contributed by atoms with Crippen molar-refractivity contribution in [1.82, 2.24) is 10.2 Å². The number of amides is 2. The van der Waals surface area contributed by atoms with Crippen LogP contribution in [0.1, 0.15) is 44.6 Å². The zero-order valence-electron chi connectivity index (χ0n) is 22.3. The van der Waals surface area contributed by atoms with E-state index in [1.54, 1.807) is 25.1 Å². The van der Waals surface area contributed by atoms with Gasteiger partial charge in [-0.2, -0.15) is 0 Å². The maximum absolute atomic E-state index is 14.0. The van der Waals surface area contributed by atoms with Gasteiger partial charge in [0.1, 0.15) is 12.6 Å². The first-order chi connectivity index (χ1) is 19.2. The van der Waals surface area contributed by atoms with Crippen LogP contribution in [-0.4, -0.2) is 43.8 Å². The molecule has 212 valence electrons. The highest BCUT2D eigenvalue weighted by atomic mass is 35.5. The molecule has 1 unspecified atom stereocenters. The molecule has 7 nitrogen and oxygen atoms in total. The monoisotopic (exact) mass is 601 g/mol. The number of sulfonamides is 1. The van der Waals surface area contributed by atoms with E-state index in [1.165, 1.54) is 35.2 Å². The van der Waals surface area contributed by atoms with Crippen LogP contribution < -0.4 is 9.62 Å². The average Bonchev–Trinajstić information content (AvgIpc) is 2.97. The summed E-state index contributed by atoms with van der Waals surface area (Å²) in [4.78, 5) is 28.8. The molecule has 0 saturated heterocycles. The molecule has 4 rings (SSSR count). The predicted octanol–water partition coefficient (Wildman–Crippen LogP) is 6.05. The molecule has 2 amide bonds. The van der Waals surface area contributed by atoms with Gasteiger partial charge in [-0.3, -0.25) is 13.9 Å². The molecule has 1 atom stereocenters. The first kappa shape index (κ1) is 29.9. The van der Waals surface area contributed by atoms with E-state index in [0.29, 0.717) is 0 Å². The van der Waals surface area contributed by atoms with Gasteiger partial charge < -0.3 is 10.2 Å². The van der Waals surface area contributed by atoms with Crippen LogP contribution in [0.15, 0.2) is 83.8 Å². The van der Waals surface area contributed by atoms with Crippen LogP contribution in [0.5, 0.6) is 0 Å². The summed E-state index contributed by atoms with van der Waals surface area (Å²) in [5.74, 6) is -0.788. The first-order valence-electron chi connectivity index (χ1n) is 13.3. The highest BCUT2D eigenvalue weighted by molar-refractivity contribution is 7.92. The highest BCUT2D eigenvalue weighted by Crippen LogP contribution is 2.31. The summed E-state index contributed by atoms with van der Waals surface area (Å²) < 4.78 is 28.6. The van der Waals surface area contributed by atoms with Crippen molar-refractivity contribution in [3.8, 4) is 0 Å². The van der Waals surface area contributed by atoms with Crippen LogP contribution in [-0.2, 0) is 26.2 Å². The van der Waals surface area contributed by atoms with Gasteiger partial charge in [0.05, 0.1) is 20.6 Å². The number of nitrogens with one attached hydrogen (secondary N) is 1. The van der Waals surface area contributed by atoms with Crippen molar-refractivity contribution in [2.24, 2.45) is 0 Å². The second-order valence-electron chi connectivity index (χ2n) is 9.95. The van der Waals surface area contributed by atoms with Gasteiger partial charge in [-0.25, -0.2) is 8.42 Å². The SMILES string of the molecule is CC(C(=O)NC1CCCCC1)N(Cc1ccccc1)C(=O)CN(c1ccc(Cl)c(Cl)c1)S(=O)(=O)c1ccccc1. The van der Waals surface area contributed by atoms with Crippen LogP contribution in [0.2, 0.25) is 10.0 Å². The zero-order chi connectivity index (χ0) is 28.7. The third-order valence-electron chi connectivity index (χ3n) is 7.12. The minimum Gasteiger partial charge on any atom is -0.352 e. The van der Waals surface area contributed by atoms with Crippen molar-refractivity contribution in [2.45, 2.75) is 62.6 Å². The molecule has 1 saturated carbocycles. The lowest BCUT2D eigenvalue weighted by molar-refractivity contribution is -0.139. The Morgan fingerprint density at radius 2 is 1.52 bits per heavy atom. The van der Waals surface area contributed by atoms with E-state index in [1.807, 2.05) is 30.3 Å². The van der Waals surface area contributed by atoms with Crippen molar-refractivity contribution in [2.75, 3.05) is 10.8 Å². The molecule has 1 aliphatic carbocycles. The minimum atomic E-state index is -4.17. The standard InChI is InChI=1S/C30H33Cl2N3O4S/c1-22(30(37)33-24-13-7-3-8-14-24)34(20-23-11-5-2-6-12-23)29(36)21-35(25-17-18-27(31)28(32)19-25)40(38,39)26-15-9-4-10-16-26/h2,4-6,9-12,15-19,22,24H,3,7-8,13-14,20-21H2,1H3,(H,33,37). The minimum absolute atomic E-state index is 0.0200. The van der Waals surface area contributed by atoms with Gasteiger partial charge in [0, 0.05) is 12.6 Å². The van der Waals surface area contributed by atoms with Crippen molar-refractivity contribution in [1.29, 1.82) is 0 Å². The predicted molar refractivity (Wildman–Crippen MR) is 159 cm³/mol. The third kappa shape index (κ3) is 7.36. The number of rotatable bonds is 10. The van der Waals surface area contributed by atoms with E-state index in [9.17, 15) is 18.0 Å². The summed E-state index contributed by atoms with van der Waals surface area (Å²) in [5.41, 5.74) is 1.01. The third-order valence-corrected chi connectivity index (χ3v) is 9.64. The Labute approximate surface area is 246 Å². The fourth-order valence-electron chi connectivity index (χ4n) is 4.82. The van der Waals surface area contributed by atoms with Gasteiger partial charge in [0.15, 0.2) is 0 Å². The quantitative estimate of drug-likeness (QED) is 0.306. The number of anilines is 1. The molecule has 10 heteroatoms. The average molecular weight is 603 g/mol. The molecular weight excluding hydrogens is 569 g/mol. The van der Waals surface area contributed by atoms with Crippen molar-refractivity contribution < 1.29 is 18.0 Å². The molecule has 40 heavy (non-hydrogen) atoms. The van der Waals surface area contributed by atoms with Crippen LogP contribution in [0.4, 0.5) is 5.69 Å². The summed E-state index contributed by atoms with van der Waals surface area (Å²) in [6.45, 7) is 1.27. The van der Waals surface area contributed by atoms with E-state index in [4.69, 9.17) is 23.2 Å². The summed E-state index contributed by atoms with van der Waals surface area (Å²) >= 11 is 12.3. The normalized spacial score (nSPS) is 14.8. The fraction of sp³-hybridized carbons (Fsp3) is 0.333. The van der Waals surface area contributed by atoms with Crippen molar-refractivity contribution in [3.63, 3.8) is 0 Å². The Kier molecular flexibility index (Phi) is 10.1. The van der Waals surface area contributed by atoms with E-state index in [0.717, 1.165) is 42.0 Å². The van der Waals surface area contributed by atoms with Crippen molar-refractivity contribution in [3.05, 3.63) is 94.5 Å². The van der Waals surface area contributed by atoms with Gasteiger partial charge in [-0.15, -0.1) is 0 Å². The molecule has 0 radical (unpaired) electrons. The maximum Gasteiger partial charge on any atom is 0.264 e. The Bertz CT molecular complexity index is 1420. The Balaban J connectivity index is 1.67. The molecule has 0 bridgehead atoms.